The molecular formula is C14H19ClO2. The van der Waals surface area contributed by atoms with Crippen LogP contribution in [0.1, 0.15) is 33.3 Å². The van der Waals surface area contributed by atoms with E-state index in [1.807, 2.05) is 39.8 Å². The highest BCUT2D eigenvalue weighted by Gasteiger charge is 2.39. The molecule has 2 nitrogen and oxygen atoms in total. The van der Waals surface area contributed by atoms with Gasteiger partial charge in [0.1, 0.15) is 0 Å². The van der Waals surface area contributed by atoms with E-state index in [4.69, 9.17) is 16.3 Å². The molecule has 0 spiro atoms. The van der Waals surface area contributed by atoms with Crippen LogP contribution in [0.3, 0.4) is 0 Å². The molecular weight excluding hydrogens is 236 g/mol. The van der Waals surface area contributed by atoms with Gasteiger partial charge in [-0.3, -0.25) is 4.79 Å². The lowest BCUT2D eigenvalue weighted by Crippen LogP contribution is -2.39. The van der Waals surface area contributed by atoms with E-state index in [-0.39, 0.29) is 11.9 Å². The monoisotopic (exact) mass is 254 g/mol. The van der Waals surface area contributed by atoms with E-state index >= 15 is 0 Å². The second-order valence-electron chi connectivity index (χ2n) is 4.58. The molecule has 0 bridgehead atoms. The first kappa shape index (κ1) is 14.0. The quantitative estimate of drug-likeness (QED) is 0.764. The van der Waals surface area contributed by atoms with Gasteiger partial charge in [0.15, 0.2) is 0 Å². The van der Waals surface area contributed by atoms with Crippen LogP contribution in [0.15, 0.2) is 24.3 Å². The molecule has 0 aliphatic heterocycles. The van der Waals surface area contributed by atoms with Crippen molar-refractivity contribution in [2.75, 3.05) is 6.61 Å². The Morgan fingerprint density at radius 1 is 1.35 bits per heavy atom. The van der Waals surface area contributed by atoms with Gasteiger partial charge in [0.2, 0.25) is 0 Å². The van der Waals surface area contributed by atoms with Crippen molar-refractivity contribution in [1.29, 1.82) is 0 Å². The van der Waals surface area contributed by atoms with Gasteiger partial charge in [-0.2, -0.15) is 0 Å². The van der Waals surface area contributed by atoms with Crippen molar-refractivity contribution < 1.29 is 9.53 Å². The summed E-state index contributed by atoms with van der Waals surface area (Å²) in [5, 5.41) is 0.670. The van der Waals surface area contributed by atoms with Crippen molar-refractivity contribution >= 4 is 17.6 Å². The average molecular weight is 255 g/mol. The Morgan fingerprint density at radius 3 is 2.29 bits per heavy atom. The van der Waals surface area contributed by atoms with E-state index in [9.17, 15) is 4.79 Å². The van der Waals surface area contributed by atoms with E-state index in [0.717, 1.165) is 5.56 Å². The van der Waals surface area contributed by atoms with Crippen LogP contribution in [0.2, 0.25) is 5.02 Å². The number of hydrogen-bond acceptors (Lipinski definition) is 2. The topological polar surface area (TPSA) is 26.3 Å². The second-order valence-corrected chi connectivity index (χ2v) is 5.02. The van der Waals surface area contributed by atoms with Crippen molar-refractivity contribution in [3.63, 3.8) is 0 Å². The van der Waals surface area contributed by atoms with Crippen LogP contribution in [-0.2, 0) is 14.9 Å². The molecule has 1 atom stereocenters. The van der Waals surface area contributed by atoms with Gasteiger partial charge in [-0.05, 0) is 37.5 Å². The van der Waals surface area contributed by atoms with Crippen molar-refractivity contribution in [2.45, 2.75) is 33.1 Å². The predicted octanol–water partition coefficient (Wildman–Crippen LogP) is 3.82. The van der Waals surface area contributed by atoms with Crippen LogP contribution in [0.4, 0.5) is 0 Å². The summed E-state index contributed by atoms with van der Waals surface area (Å²) in [6, 6.07) is 7.38. The van der Waals surface area contributed by atoms with Gasteiger partial charge in [0.25, 0.3) is 0 Å². The third-order valence-electron chi connectivity index (χ3n) is 3.30. The standard InChI is InChI=1S/C14H19ClO2/c1-5-17-13(16)14(4,10(2)3)11-6-8-12(15)9-7-11/h6-10H,5H2,1-4H3. The summed E-state index contributed by atoms with van der Waals surface area (Å²) in [6.45, 7) is 8.17. The molecule has 1 aromatic rings. The van der Waals surface area contributed by atoms with Gasteiger partial charge in [-0.15, -0.1) is 0 Å². The highest BCUT2D eigenvalue weighted by Crippen LogP contribution is 2.34. The molecule has 1 unspecified atom stereocenters. The molecule has 0 radical (unpaired) electrons. The Bertz CT molecular complexity index is 384. The summed E-state index contributed by atoms with van der Waals surface area (Å²) in [6.07, 6.45) is 0. The Hall–Kier alpha value is -1.02. The maximum absolute atomic E-state index is 12.1. The number of carbonyl (C=O) groups excluding carboxylic acids is 1. The molecule has 0 aliphatic rings. The number of hydrogen-bond donors (Lipinski definition) is 0. The molecule has 1 rings (SSSR count). The smallest absolute Gasteiger partial charge is 0.316 e. The second kappa shape index (κ2) is 5.54. The summed E-state index contributed by atoms with van der Waals surface area (Å²) >= 11 is 5.87. The lowest BCUT2D eigenvalue weighted by atomic mass is 9.73. The SMILES string of the molecule is CCOC(=O)C(C)(c1ccc(Cl)cc1)C(C)C. The molecule has 0 fully saturated rings. The third-order valence-corrected chi connectivity index (χ3v) is 3.55. The normalized spacial score (nSPS) is 14.5. The van der Waals surface area contributed by atoms with Crippen molar-refractivity contribution in [3.05, 3.63) is 34.9 Å². The zero-order valence-electron chi connectivity index (χ0n) is 10.8. The molecule has 0 saturated heterocycles. The first-order valence-electron chi connectivity index (χ1n) is 5.86. The van der Waals surface area contributed by atoms with Crippen molar-refractivity contribution in [2.24, 2.45) is 5.92 Å². The van der Waals surface area contributed by atoms with Gasteiger partial charge in [-0.1, -0.05) is 37.6 Å². The number of esters is 1. The molecule has 0 saturated carbocycles. The van der Waals surface area contributed by atoms with Gasteiger partial charge < -0.3 is 4.74 Å². The minimum Gasteiger partial charge on any atom is -0.465 e. The maximum atomic E-state index is 12.1. The fourth-order valence-electron chi connectivity index (χ4n) is 1.76. The fraction of sp³-hybridized carbons (Fsp3) is 0.500. The molecule has 0 N–H and O–H groups in total. The van der Waals surface area contributed by atoms with Gasteiger partial charge in [0.05, 0.1) is 12.0 Å². The third kappa shape index (κ3) is 2.81. The van der Waals surface area contributed by atoms with E-state index in [2.05, 4.69) is 0 Å². The van der Waals surface area contributed by atoms with Crippen LogP contribution in [0.5, 0.6) is 0 Å². The number of rotatable bonds is 4. The maximum Gasteiger partial charge on any atom is 0.316 e. The Balaban J connectivity index is 3.16. The minimum atomic E-state index is -0.624. The summed E-state index contributed by atoms with van der Waals surface area (Å²) in [5.41, 5.74) is 0.316. The molecule has 0 amide bonds. The summed E-state index contributed by atoms with van der Waals surface area (Å²) < 4.78 is 5.18. The Labute approximate surface area is 108 Å². The first-order valence-corrected chi connectivity index (χ1v) is 6.24. The van der Waals surface area contributed by atoms with Gasteiger partial charge in [0, 0.05) is 5.02 Å². The van der Waals surface area contributed by atoms with Crippen molar-refractivity contribution in [1.82, 2.24) is 0 Å². The van der Waals surface area contributed by atoms with Crippen LogP contribution >= 0.6 is 11.6 Å². The molecule has 3 heteroatoms. The van der Waals surface area contributed by atoms with Crippen LogP contribution in [0.25, 0.3) is 0 Å². The van der Waals surface area contributed by atoms with Crippen LogP contribution < -0.4 is 0 Å². The summed E-state index contributed by atoms with van der Waals surface area (Å²) in [4.78, 5) is 12.1. The van der Waals surface area contributed by atoms with Crippen LogP contribution in [0, 0.1) is 5.92 Å². The lowest BCUT2D eigenvalue weighted by molar-refractivity contribution is -0.151. The highest BCUT2D eigenvalue weighted by molar-refractivity contribution is 6.30. The average Bonchev–Trinajstić information content (AvgIpc) is 2.29. The minimum absolute atomic E-state index is 0.155. The largest absolute Gasteiger partial charge is 0.465 e. The number of benzene rings is 1. The van der Waals surface area contributed by atoms with E-state index in [0.29, 0.717) is 11.6 Å². The molecule has 1 aromatic carbocycles. The van der Waals surface area contributed by atoms with E-state index in [1.165, 1.54) is 0 Å². The first-order chi connectivity index (χ1) is 7.92. The number of halogens is 1. The molecule has 94 valence electrons. The Morgan fingerprint density at radius 2 is 1.88 bits per heavy atom. The number of ether oxygens (including phenoxy) is 1. The van der Waals surface area contributed by atoms with Crippen molar-refractivity contribution in [3.8, 4) is 0 Å². The lowest BCUT2D eigenvalue weighted by Gasteiger charge is -2.31. The van der Waals surface area contributed by atoms with E-state index in [1.54, 1.807) is 12.1 Å². The summed E-state index contributed by atoms with van der Waals surface area (Å²) in [5.74, 6) is -0.0277. The molecule has 0 heterocycles. The molecule has 0 aliphatic carbocycles. The zero-order valence-corrected chi connectivity index (χ0v) is 11.5. The fourth-order valence-corrected chi connectivity index (χ4v) is 1.89. The van der Waals surface area contributed by atoms with E-state index < -0.39 is 5.41 Å². The summed E-state index contributed by atoms with van der Waals surface area (Å²) in [7, 11) is 0. The molecule has 17 heavy (non-hydrogen) atoms. The highest BCUT2D eigenvalue weighted by atomic mass is 35.5. The van der Waals surface area contributed by atoms with Crippen LogP contribution in [-0.4, -0.2) is 12.6 Å². The predicted molar refractivity (Wildman–Crippen MR) is 70.3 cm³/mol. The molecule has 0 aromatic heterocycles. The number of carbonyl (C=O) groups is 1. The zero-order chi connectivity index (χ0) is 13.1. The Kier molecular flexibility index (Phi) is 4.58. The van der Waals surface area contributed by atoms with Gasteiger partial charge >= 0.3 is 5.97 Å². The van der Waals surface area contributed by atoms with Gasteiger partial charge in [-0.25, -0.2) is 0 Å².